The van der Waals surface area contributed by atoms with Gasteiger partial charge in [0.2, 0.25) is 0 Å². The van der Waals surface area contributed by atoms with Gasteiger partial charge in [-0.2, -0.15) is 5.09 Å². The Labute approximate surface area is 223 Å². The molecule has 1 aromatic heterocycles. The molecule has 1 saturated heterocycles. The number of aliphatic hydroxyl groups is 1. The number of nitrogens with two attached hydrogens (primary N) is 1. The van der Waals surface area contributed by atoms with E-state index in [0.29, 0.717) is 0 Å². The van der Waals surface area contributed by atoms with Crippen LogP contribution in [-0.2, 0) is 23.4 Å². The maximum Gasteiger partial charge on any atom is 0.459 e. The third-order valence-electron chi connectivity index (χ3n) is 5.46. The van der Waals surface area contributed by atoms with Crippen LogP contribution < -0.4 is 26.6 Å². The van der Waals surface area contributed by atoms with Crippen molar-refractivity contribution in [2.45, 2.75) is 56.9 Å². The van der Waals surface area contributed by atoms with Crippen LogP contribution >= 0.6 is 7.75 Å². The van der Waals surface area contributed by atoms with Gasteiger partial charge in [-0.15, -0.1) is 0 Å². The first-order valence-corrected chi connectivity index (χ1v) is 13.4. The van der Waals surface area contributed by atoms with E-state index < -0.39 is 74.4 Å². The van der Waals surface area contributed by atoms with Crippen molar-refractivity contribution in [3.05, 3.63) is 63.4 Å². The zero-order valence-corrected chi connectivity index (χ0v) is 22.3. The fraction of sp³-hybridized carbons (Fsp3) is 0.458. The summed E-state index contributed by atoms with van der Waals surface area (Å²) in [4.78, 5) is 38.3. The molecule has 3 rings (SSSR count). The van der Waals surface area contributed by atoms with Crippen LogP contribution in [0.25, 0.3) is 0 Å². The smallest absolute Gasteiger partial charge is 0.459 e. The number of alkyl halides is 1. The highest BCUT2D eigenvalue weighted by molar-refractivity contribution is 7.52. The lowest BCUT2D eigenvalue weighted by Gasteiger charge is -2.28. The van der Waals surface area contributed by atoms with Gasteiger partial charge in [0.1, 0.15) is 30.7 Å². The molecule has 0 radical (unpaired) electrons. The number of nitrogens with zero attached hydrogens (tertiary/aromatic N) is 1. The average molecular weight is 568 g/mol. The lowest BCUT2D eigenvalue weighted by Crippen LogP contribution is -2.55. The predicted molar refractivity (Wildman–Crippen MR) is 136 cm³/mol. The van der Waals surface area contributed by atoms with E-state index in [9.17, 15) is 28.4 Å². The van der Waals surface area contributed by atoms with Crippen molar-refractivity contribution in [2.24, 2.45) is 5.73 Å². The van der Waals surface area contributed by atoms with Gasteiger partial charge in [-0.05, 0) is 32.9 Å². The molecule has 0 spiro atoms. The van der Waals surface area contributed by atoms with Crippen molar-refractivity contribution in [3.8, 4) is 17.6 Å². The number of carbonyl (C=O) groups excluding carboxylic acids is 1. The summed E-state index contributed by atoms with van der Waals surface area (Å²) in [5, 5.41) is 13.5. The van der Waals surface area contributed by atoms with Crippen LogP contribution in [0.1, 0.15) is 27.0 Å². The van der Waals surface area contributed by atoms with Gasteiger partial charge in [0.15, 0.2) is 11.8 Å². The van der Waals surface area contributed by atoms with E-state index in [1.165, 1.54) is 19.1 Å². The molecule has 2 aromatic rings. The number of para-hydroxylation sites is 1. The topological polar surface area (TPSA) is 184 Å². The van der Waals surface area contributed by atoms with Crippen LogP contribution in [0.3, 0.4) is 0 Å². The van der Waals surface area contributed by atoms with Gasteiger partial charge in [-0.1, -0.05) is 30.0 Å². The monoisotopic (exact) mass is 568 g/mol. The Balaban J connectivity index is 1.88. The number of halogens is 1. The molecule has 0 bridgehead atoms. The van der Waals surface area contributed by atoms with Crippen molar-refractivity contribution in [1.29, 1.82) is 0 Å². The van der Waals surface area contributed by atoms with Crippen molar-refractivity contribution in [2.75, 3.05) is 13.3 Å². The molecule has 0 amide bonds. The van der Waals surface area contributed by atoms with Gasteiger partial charge in [-0.3, -0.25) is 23.7 Å². The quantitative estimate of drug-likeness (QED) is 0.179. The molecule has 15 heteroatoms. The molecular formula is C24H30FN4O9P. The van der Waals surface area contributed by atoms with Crippen LogP contribution in [0.5, 0.6) is 5.75 Å². The summed E-state index contributed by atoms with van der Waals surface area (Å²) in [6.45, 7) is 2.96. The van der Waals surface area contributed by atoms with E-state index in [1.54, 1.807) is 32.0 Å². The number of aliphatic hydroxyl groups excluding tert-OH is 1. The molecule has 1 aliphatic heterocycles. The Bertz CT molecular complexity index is 1370. The molecule has 6 atom stereocenters. The third kappa shape index (κ3) is 7.42. The highest BCUT2D eigenvalue weighted by atomic mass is 31.2. The summed E-state index contributed by atoms with van der Waals surface area (Å²) in [5.41, 5.74) is 2.65. The van der Waals surface area contributed by atoms with Gasteiger partial charge in [0.05, 0.1) is 12.7 Å². The first-order chi connectivity index (χ1) is 18.4. The summed E-state index contributed by atoms with van der Waals surface area (Å²) in [6.07, 6.45) is -3.90. The molecule has 1 fully saturated rings. The Kier molecular flexibility index (Phi) is 9.84. The number of benzene rings is 1. The van der Waals surface area contributed by atoms with E-state index in [4.69, 9.17) is 24.3 Å². The molecule has 0 saturated carbocycles. The molecule has 39 heavy (non-hydrogen) atoms. The Morgan fingerprint density at radius 3 is 2.62 bits per heavy atom. The maximum absolute atomic E-state index is 13.7. The molecule has 212 valence electrons. The van der Waals surface area contributed by atoms with E-state index in [0.717, 1.165) is 16.8 Å². The summed E-state index contributed by atoms with van der Waals surface area (Å²) >= 11 is 0. The van der Waals surface area contributed by atoms with Crippen molar-refractivity contribution in [3.63, 3.8) is 0 Å². The zero-order valence-electron chi connectivity index (χ0n) is 21.4. The summed E-state index contributed by atoms with van der Waals surface area (Å²) in [6, 6.07) is 7.85. The van der Waals surface area contributed by atoms with E-state index in [2.05, 4.69) is 16.9 Å². The number of carbonyl (C=O) groups is 1. The largest absolute Gasteiger partial charge is 0.462 e. The van der Waals surface area contributed by atoms with Crippen LogP contribution in [0.2, 0.25) is 0 Å². The molecule has 5 N–H and O–H groups in total. The highest BCUT2D eigenvalue weighted by Gasteiger charge is 2.55. The second-order valence-corrected chi connectivity index (χ2v) is 10.6. The minimum Gasteiger partial charge on any atom is -0.462 e. The van der Waals surface area contributed by atoms with Crippen LogP contribution in [0.4, 0.5) is 4.39 Å². The standard InChI is InChI=1S/C24H30FN4O9P/c1-15(2)36-21(32)16(3)28-39(34,38-17-8-5-4-6-9-17)35-14-18-20(31)24(26,11-7-12-25)22(37-18)29-13-10-19(30)27-23(29)33/h4-6,8-10,13,15-16,18,20,22,31H,12,14,26H2,1-3H3,(H,28,34)(H,27,30,33)/t16-,18?,20?,22+,24+,39?/m0/s1. The van der Waals surface area contributed by atoms with E-state index in [-0.39, 0.29) is 5.75 Å². The molecule has 1 aliphatic rings. The molecule has 0 aliphatic carbocycles. The minimum absolute atomic E-state index is 0.144. The Morgan fingerprint density at radius 1 is 1.31 bits per heavy atom. The number of aromatic nitrogens is 2. The number of aromatic amines is 1. The highest BCUT2D eigenvalue weighted by Crippen LogP contribution is 2.46. The minimum atomic E-state index is -4.34. The second-order valence-electron chi connectivity index (χ2n) is 8.89. The number of nitrogens with one attached hydrogen (secondary N) is 2. The fourth-order valence-electron chi connectivity index (χ4n) is 3.67. The number of hydrogen-bond acceptors (Lipinski definition) is 10. The van der Waals surface area contributed by atoms with Gasteiger partial charge in [0.25, 0.3) is 5.56 Å². The Hall–Kier alpha value is -3.31. The van der Waals surface area contributed by atoms with E-state index in [1.807, 2.05) is 4.98 Å². The first-order valence-electron chi connectivity index (χ1n) is 11.9. The zero-order chi connectivity index (χ0) is 28.8. The number of ether oxygens (including phenoxy) is 2. The van der Waals surface area contributed by atoms with Crippen molar-refractivity contribution in [1.82, 2.24) is 14.6 Å². The molecule has 3 unspecified atom stereocenters. The van der Waals surface area contributed by atoms with Crippen molar-refractivity contribution >= 4 is 13.7 Å². The molecule has 2 heterocycles. The summed E-state index contributed by atoms with van der Waals surface area (Å²) < 4.78 is 49.5. The number of rotatable bonds is 10. The van der Waals surface area contributed by atoms with E-state index >= 15 is 0 Å². The van der Waals surface area contributed by atoms with Gasteiger partial charge in [0, 0.05) is 12.3 Å². The third-order valence-corrected chi connectivity index (χ3v) is 7.11. The normalized spacial score (nSPS) is 24.8. The second kappa shape index (κ2) is 12.7. The average Bonchev–Trinajstić information content (AvgIpc) is 3.11. The molecule has 13 nitrogen and oxygen atoms in total. The SMILES string of the molecule is CC(C)OC(=O)[C@H](C)NP(=O)(OCC1O[C@@H](n2ccc(=O)[nH]c2=O)[C@@](N)(C#CCF)C1O)Oc1ccccc1. The van der Waals surface area contributed by atoms with Crippen LogP contribution in [0, 0.1) is 11.8 Å². The molecular weight excluding hydrogens is 538 g/mol. The fourth-order valence-corrected chi connectivity index (χ4v) is 5.17. The first kappa shape index (κ1) is 30.2. The maximum atomic E-state index is 13.7. The molecule has 1 aromatic carbocycles. The summed E-state index contributed by atoms with van der Waals surface area (Å²) in [5.74, 6) is 3.92. The summed E-state index contributed by atoms with van der Waals surface area (Å²) in [7, 11) is -4.34. The van der Waals surface area contributed by atoms with Crippen LogP contribution in [-0.4, -0.2) is 63.8 Å². The van der Waals surface area contributed by atoms with Gasteiger partial charge >= 0.3 is 19.4 Å². The van der Waals surface area contributed by atoms with Crippen LogP contribution in [0.15, 0.2) is 52.2 Å². The van der Waals surface area contributed by atoms with Gasteiger partial charge in [-0.25, -0.2) is 13.8 Å². The lowest BCUT2D eigenvalue weighted by atomic mass is 9.91. The predicted octanol–water partition coefficient (Wildman–Crippen LogP) is 0.599. The number of H-pyrrole nitrogens is 1. The van der Waals surface area contributed by atoms with Gasteiger partial charge < -0.3 is 24.8 Å². The lowest BCUT2D eigenvalue weighted by molar-refractivity contribution is -0.149. The Morgan fingerprint density at radius 2 is 2.00 bits per heavy atom. The number of hydrogen-bond donors (Lipinski definition) is 4. The number of esters is 1. The van der Waals surface area contributed by atoms with Crippen molar-refractivity contribution < 1.29 is 37.4 Å².